The van der Waals surface area contributed by atoms with Crippen LogP contribution < -0.4 is 5.32 Å². The first-order valence-electron chi connectivity index (χ1n) is 9.06. The molecule has 24 heavy (non-hydrogen) atoms. The van der Waals surface area contributed by atoms with Gasteiger partial charge in [0.05, 0.1) is 17.6 Å². The number of carbonyl (C=O) groups is 1. The lowest BCUT2D eigenvalue weighted by Gasteiger charge is -2.33. The molecule has 0 radical (unpaired) electrons. The highest BCUT2D eigenvalue weighted by Crippen LogP contribution is 2.17. The number of fused-ring (bicyclic) bond motifs is 1. The maximum absolute atomic E-state index is 12.1. The zero-order valence-corrected chi connectivity index (χ0v) is 15.0. The lowest BCUT2D eigenvalue weighted by molar-refractivity contribution is -0.135. The summed E-state index contributed by atoms with van der Waals surface area (Å²) in [4.78, 5) is 18.8. The minimum Gasteiger partial charge on any atom is -0.342 e. The molecule has 1 fully saturated rings. The Hall–Kier alpha value is -1.88. The molecule has 0 aliphatic carbocycles. The van der Waals surface area contributed by atoms with E-state index in [1.165, 1.54) is 5.52 Å². The topological polar surface area (TPSA) is 50.2 Å². The van der Waals surface area contributed by atoms with Crippen molar-refractivity contribution in [1.29, 1.82) is 0 Å². The molecule has 1 saturated heterocycles. The zero-order valence-electron chi connectivity index (χ0n) is 15.0. The summed E-state index contributed by atoms with van der Waals surface area (Å²) in [6.45, 7) is 9.54. The second kappa shape index (κ2) is 7.34. The van der Waals surface area contributed by atoms with Crippen LogP contribution in [0, 0.1) is 5.92 Å². The number of imidazole rings is 1. The van der Waals surface area contributed by atoms with Crippen molar-refractivity contribution in [1.82, 2.24) is 19.8 Å². The largest absolute Gasteiger partial charge is 0.342 e. The summed E-state index contributed by atoms with van der Waals surface area (Å²) in [5, 5.41) is 3.64. The fourth-order valence-corrected chi connectivity index (χ4v) is 3.52. The molecule has 0 atom stereocenters. The zero-order chi connectivity index (χ0) is 17.1. The molecule has 1 amide bonds. The van der Waals surface area contributed by atoms with E-state index in [-0.39, 0.29) is 11.8 Å². The molecule has 5 heteroatoms. The van der Waals surface area contributed by atoms with Crippen LogP contribution in [0.25, 0.3) is 11.0 Å². The molecule has 3 rings (SSSR count). The fourth-order valence-electron chi connectivity index (χ4n) is 3.52. The molecule has 1 aromatic heterocycles. The van der Waals surface area contributed by atoms with Crippen molar-refractivity contribution >= 4 is 16.9 Å². The van der Waals surface area contributed by atoms with Crippen molar-refractivity contribution in [2.75, 3.05) is 13.1 Å². The molecular weight excluding hydrogens is 300 g/mol. The summed E-state index contributed by atoms with van der Waals surface area (Å²) in [6.07, 6.45) is 2.04. The van der Waals surface area contributed by atoms with Crippen LogP contribution in [-0.2, 0) is 17.9 Å². The van der Waals surface area contributed by atoms with Crippen LogP contribution in [-0.4, -0.2) is 39.5 Å². The maximum atomic E-state index is 12.1. The van der Waals surface area contributed by atoms with E-state index >= 15 is 0 Å². The average molecular weight is 328 g/mol. The summed E-state index contributed by atoms with van der Waals surface area (Å²) in [6, 6.07) is 8.76. The van der Waals surface area contributed by atoms with Gasteiger partial charge in [0.15, 0.2) is 0 Å². The molecule has 0 bridgehead atoms. The van der Waals surface area contributed by atoms with Crippen molar-refractivity contribution in [3.05, 3.63) is 30.1 Å². The minimum absolute atomic E-state index is 0.0963. The third-order valence-electron chi connectivity index (χ3n) is 4.90. The van der Waals surface area contributed by atoms with E-state index in [2.05, 4.69) is 35.0 Å². The normalized spacial score (nSPS) is 16.2. The van der Waals surface area contributed by atoms with Crippen LogP contribution in [0.4, 0.5) is 0 Å². The third-order valence-corrected chi connectivity index (χ3v) is 4.90. The van der Waals surface area contributed by atoms with Gasteiger partial charge in [-0.15, -0.1) is 0 Å². The van der Waals surface area contributed by atoms with Gasteiger partial charge in [-0.2, -0.15) is 0 Å². The number of benzene rings is 1. The number of aromatic nitrogens is 2. The second-order valence-electron chi connectivity index (χ2n) is 6.90. The monoisotopic (exact) mass is 328 g/mol. The predicted octanol–water partition coefficient (Wildman–Crippen LogP) is 2.79. The van der Waals surface area contributed by atoms with E-state index < -0.39 is 0 Å². The van der Waals surface area contributed by atoms with E-state index in [0.29, 0.717) is 6.04 Å². The molecule has 0 spiro atoms. The van der Waals surface area contributed by atoms with E-state index in [0.717, 1.165) is 50.4 Å². The van der Waals surface area contributed by atoms with Gasteiger partial charge in [-0.25, -0.2) is 4.98 Å². The highest BCUT2D eigenvalue weighted by atomic mass is 16.2. The van der Waals surface area contributed by atoms with Crippen LogP contribution in [0.1, 0.15) is 39.4 Å². The Morgan fingerprint density at radius 2 is 2.00 bits per heavy atom. The molecule has 1 aliphatic heterocycles. The van der Waals surface area contributed by atoms with Gasteiger partial charge >= 0.3 is 0 Å². The average Bonchev–Trinajstić information content (AvgIpc) is 2.97. The number of nitrogens with zero attached hydrogens (tertiary/aromatic N) is 3. The molecule has 5 nitrogen and oxygen atoms in total. The predicted molar refractivity (Wildman–Crippen MR) is 96.7 cm³/mol. The summed E-state index contributed by atoms with van der Waals surface area (Å²) in [7, 11) is 0. The molecular formula is C19H28N4O. The highest BCUT2D eigenvalue weighted by Gasteiger charge is 2.24. The quantitative estimate of drug-likeness (QED) is 0.918. The highest BCUT2D eigenvalue weighted by molar-refractivity contribution is 5.78. The van der Waals surface area contributed by atoms with Crippen LogP contribution >= 0.6 is 0 Å². The molecule has 130 valence electrons. The van der Waals surface area contributed by atoms with Gasteiger partial charge in [0.25, 0.3) is 0 Å². The van der Waals surface area contributed by atoms with Gasteiger partial charge in [0.1, 0.15) is 5.82 Å². The first-order chi connectivity index (χ1) is 11.6. The van der Waals surface area contributed by atoms with Gasteiger partial charge in [-0.05, 0) is 31.9 Å². The Morgan fingerprint density at radius 3 is 2.67 bits per heavy atom. The summed E-state index contributed by atoms with van der Waals surface area (Å²) in [5.41, 5.74) is 2.27. The van der Waals surface area contributed by atoms with Crippen LogP contribution in [0.2, 0.25) is 0 Å². The number of carbonyl (C=O) groups excluding carboxylic acids is 1. The Labute approximate surface area is 144 Å². The summed E-state index contributed by atoms with van der Waals surface area (Å²) < 4.78 is 2.28. The number of amides is 1. The number of rotatable bonds is 5. The molecule has 1 aromatic carbocycles. The van der Waals surface area contributed by atoms with Crippen LogP contribution in [0.3, 0.4) is 0 Å². The SMILES string of the molecule is CCn1c(CNC2CCN(C(=O)C(C)C)CC2)nc2ccccc21. The van der Waals surface area contributed by atoms with E-state index in [9.17, 15) is 4.79 Å². The van der Waals surface area contributed by atoms with Gasteiger partial charge in [0.2, 0.25) is 5.91 Å². The summed E-state index contributed by atoms with van der Waals surface area (Å²) >= 11 is 0. The van der Waals surface area contributed by atoms with Crippen molar-refractivity contribution < 1.29 is 4.79 Å². The molecule has 2 aromatic rings. The molecule has 0 unspecified atom stereocenters. The van der Waals surface area contributed by atoms with Gasteiger partial charge < -0.3 is 14.8 Å². The van der Waals surface area contributed by atoms with Gasteiger partial charge in [-0.3, -0.25) is 4.79 Å². The molecule has 0 saturated carbocycles. The van der Waals surface area contributed by atoms with Gasteiger partial charge in [-0.1, -0.05) is 26.0 Å². The first-order valence-corrected chi connectivity index (χ1v) is 9.06. The van der Waals surface area contributed by atoms with Crippen molar-refractivity contribution in [2.24, 2.45) is 5.92 Å². The lowest BCUT2D eigenvalue weighted by atomic mass is 10.0. The maximum Gasteiger partial charge on any atom is 0.225 e. The van der Waals surface area contributed by atoms with Crippen LogP contribution in [0.5, 0.6) is 0 Å². The molecule has 1 N–H and O–H groups in total. The number of hydrogen-bond donors (Lipinski definition) is 1. The minimum atomic E-state index is 0.0963. The molecule has 1 aliphatic rings. The number of nitrogens with one attached hydrogen (secondary N) is 1. The van der Waals surface area contributed by atoms with Crippen molar-refractivity contribution in [2.45, 2.75) is 52.7 Å². The Kier molecular flexibility index (Phi) is 5.19. The van der Waals surface area contributed by atoms with Gasteiger partial charge in [0, 0.05) is 31.6 Å². The standard InChI is InChI=1S/C19H28N4O/c1-4-23-17-8-6-5-7-16(17)21-18(23)13-20-15-9-11-22(12-10-15)19(24)14(2)3/h5-8,14-15,20H,4,9-13H2,1-3H3. The fraction of sp³-hybridized carbons (Fsp3) is 0.579. The van der Waals surface area contributed by atoms with Crippen LogP contribution in [0.15, 0.2) is 24.3 Å². The number of piperidine rings is 1. The summed E-state index contributed by atoms with van der Waals surface area (Å²) in [5.74, 6) is 1.47. The first kappa shape index (κ1) is 17.0. The van der Waals surface area contributed by atoms with Crippen molar-refractivity contribution in [3.8, 4) is 0 Å². The Morgan fingerprint density at radius 1 is 1.29 bits per heavy atom. The Balaban J connectivity index is 1.58. The lowest BCUT2D eigenvalue weighted by Crippen LogP contribution is -2.46. The van der Waals surface area contributed by atoms with E-state index in [4.69, 9.17) is 4.98 Å². The third kappa shape index (κ3) is 3.46. The molecule has 2 heterocycles. The Bertz CT molecular complexity index is 698. The number of aryl methyl sites for hydroxylation is 1. The van der Waals surface area contributed by atoms with Crippen molar-refractivity contribution in [3.63, 3.8) is 0 Å². The number of hydrogen-bond acceptors (Lipinski definition) is 3. The second-order valence-corrected chi connectivity index (χ2v) is 6.90. The smallest absolute Gasteiger partial charge is 0.225 e. The van der Waals surface area contributed by atoms with E-state index in [1.807, 2.05) is 24.8 Å². The number of likely N-dealkylation sites (tertiary alicyclic amines) is 1. The van der Waals surface area contributed by atoms with E-state index in [1.54, 1.807) is 0 Å². The number of para-hydroxylation sites is 2.